The Morgan fingerprint density at radius 3 is 2.56 bits per heavy atom. The topological polar surface area (TPSA) is 124 Å². The van der Waals surface area contributed by atoms with Crippen LogP contribution in [0.2, 0.25) is 0 Å². The van der Waals surface area contributed by atoms with Crippen LogP contribution in [0.25, 0.3) is 5.76 Å². The summed E-state index contributed by atoms with van der Waals surface area (Å²) in [6.07, 6.45) is 1.44. The summed E-state index contributed by atoms with van der Waals surface area (Å²) < 4.78 is 21.9. The van der Waals surface area contributed by atoms with Gasteiger partial charge in [0.05, 0.1) is 37.6 Å². The molecule has 214 valence electrons. The summed E-state index contributed by atoms with van der Waals surface area (Å²) in [7, 11) is 1.48. The summed E-state index contributed by atoms with van der Waals surface area (Å²) in [5, 5.41) is 11.6. The number of anilines is 1. The molecule has 1 atom stereocenters. The smallest absolute Gasteiger partial charge is 0.350 e. The highest BCUT2D eigenvalue weighted by Crippen LogP contribution is 2.45. The number of Topliss-reactive ketones (excluding diaryl/α,β-unsaturated/α-hetero) is 1. The van der Waals surface area contributed by atoms with Crippen molar-refractivity contribution < 1.29 is 38.4 Å². The summed E-state index contributed by atoms with van der Waals surface area (Å²) >= 11 is 0.912. The molecule has 2 heterocycles. The molecule has 1 unspecified atom stereocenters. The van der Waals surface area contributed by atoms with Crippen LogP contribution in [0.5, 0.6) is 17.2 Å². The van der Waals surface area contributed by atoms with E-state index in [1.54, 1.807) is 49.4 Å². The van der Waals surface area contributed by atoms with Crippen LogP contribution in [-0.2, 0) is 14.3 Å². The zero-order chi connectivity index (χ0) is 29.7. The van der Waals surface area contributed by atoms with Gasteiger partial charge in [-0.05, 0) is 50.6 Å². The molecular formula is C30H30N2O8S. The lowest BCUT2D eigenvalue weighted by Crippen LogP contribution is -2.29. The average molecular weight is 579 g/mol. The molecule has 0 saturated carbocycles. The van der Waals surface area contributed by atoms with Crippen molar-refractivity contribution in [2.24, 2.45) is 0 Å². The first kappa shape index (κ1) is 29.3. The zero-order valence-corrected chi connectivity index (χ0v) is 23.9. The minimum atomic E-state index is -1.10. The lowest BCUT2D eigenvalue weighted by molar-refractivity contribution is -0.132. The van der Waals surface area contributed by atoms with Crippen molar-refractivity contribution in [2.45, 2.75) is 26.8 Å². The molecule has 0 spiro atoms. The Labute approximate surface area is 241 Å². The lowest BCUT2D eigenvalue weighted by atomic mass is 9.95. The van der Waals surface area contributed by atoms with Gasteiger partial charge in [0.1, 0.15) is 23.0 Å². The van der Waals surface area contributed by atoms with E-state index >= 15 is 0 Å². The number of hydrogen-bond acceptors (Lipinski definition) is 10. The molecule has 1 aliphatic heterocycles. The lowest BCUT2D eigenvalue weighted by Gasteiger charge is -2.24. The van der Waals surface area contributed by atoms with Crippen LogP contribution < -0.4 is 19.1 Å². The van der Waals surface area contributed by atoms with Gasteiger partial charge >= 0.3 is 11.9 Å². The number of hydrogen-bond donors (Lipinski definition) is 1. The molecule has 1 saturated heterocycles. The first-order chi connectivity index (χ1) is 19.7. The molecule has 1 aromatic heterocycles. The number of carbonyl (C=O) groups excluding carboxylic acids is 3. The third kappa shape index (κ3) is 5.80. The van der Waals surface area contributed by atoms with Crippen LogP contribution in [0.4, 0.5) is 5.13 Å². The number of esters is 1. The van der Waals surface area contributed by atoms with Gasteiger partial charge < -0.3 is 24.1 Å². The molecule has 1 aliphatic rings. The number of methoxy groups -OCH3 is 1. The maximum Gasteiger partial charge on any atom is 0.350 e. The Morgan fingerprint density at radius 1 is 1.12 bits per heavy atom. The zero-order valence-electron chi connectivity index (χ0n) is 23.1. The van der Waals surface area contributed by atoms with E-state index in [2.05, 4.69) is 11.6 Å². The second-order valence-corrected chi connectivity index (χ2v) is 9.75. The monoisotopic (exact) mass is 578 g/mol. The summed E-state index contributed by atoms with van der Waals surface area (Å²) in [6, 6.07) is 10.5. The number of aryl methyl sites for hydroxylation is 1. The molecule has 41 heavy (non-hydrogen) atoms. The number of carbonyl (C=O) groups is 3. The van der Waals surface area contributed by atoms with Gasteiger partial charge in [-0.15, -0.1) is 0 Å². The third-order valence-corrected chi connectivity index (χ3v) is 7.31. The second-order valence-electron chi connectivity index (χ2n) is 8.77. The number of aromatic nitrogens is 1. The van der Waals surface area contributed by atoms with Gasteiger partial charge in [-0.2, -0.15) is 0 Å². The fourth-order valence-electron chi connectivity index (χ4n) is 4.40. The molecule has 0 bridgehead atoms. The van der Waals surface area contributed by atoms with Crippen LogP contribution in [0.3, 0.4) is 0 Å². The van der Waals surface area contributed by atoms with Gasteiger partial charge in [-0.3, -0.25) is 14.5 Å². The van der Waals surface area contributed by atoms with Crippen molar-refractivity contribution in [1.29, 1.82) is 0 Å². The molecule has 0 radical (unpaired) electrons. The Balaban J connectivity index is 1.92. The Kier molecular flexibility index (Phi) is 9.08. The number of nitrogens with zero attached hydrogens (tertiary/aromatic N) is 2. The van der Waals surface area contributed by atoms with E-state index in [1.165, 1.54) is 18.1 Å². The molecule has 1 N–H and O–H groups in total. The van der Waals surface area contributed by atoms with Gasteiger partial charge in [0, 0.05) is 5.56 Å². The molecule has 11 heteroatoms. The van der Waals surface area contributed by atoms with Crippen molar-refractivity contribution in [2.75, 3.05) is 31.8 Å². The highest BCUT2D eigenvalue weighted by molar-refractivity contribution is 7.17. The maximum absolute atomic E-state index is 13.6. The van der Waals surface area contributed by atoms with Crippen molar-refractivity contribution in [3.05, 3.63) is 82.4 Å². The number of aliphatic hydroxyl groups is 1. The fraction of sp³-hybridized carbons (Fsp3) is 0.267. The average Bonchev–Trinajstić information content (AvgIpc) is 3.48. The number of rotatable bonds is 11. The standard InChI is InChI=1S/C30H30N2O8S/c1-6-14-40-29(36)27-17(4)31-30(41-27)32-24(18-12-13-21(39-8-3)22(16-18)37-5)23(26(34)28(32)35)25(33)19-10-9-11-20(15-19)38-7-2/h6,9-13,15-16,24,33H,1,7-8,14H2,2-5H3. The van der Waals surface area contributed by atoms with Gasteiger partial charge in [-0.1, -0.05) is 42.2 Å². The van der Waals surface area contributed by atoms with Crippen molar-refractivity contribution >= 4 is 39.9 Å². The Morgan fingerprint density at radius 2 is 1.88 bits per heavy atom. The second kappa shape index (κ2) is 12.7. The molecule has 1 fully saturated rings. The van der Waals surface area contributed by atoms with Crippen molar-refractivity contribution in [3.63, 3.8) is 0 Å². The molecule has 2 aromatic carbocycles. The van der Waals surface area contributed by atoms with Crippen LogP contribution in [0, 0.1) is 6.92 Å². The highest BCUT2D eigenvalue weighted by Gasteiger charge is 2.48. The van der Waals surface area contributed by atoms with E-state index in [4.69, 9.17) is 18.9 Å². The molecule has 3 aromatic rings. The van der Waals surface area contributed by atoms with Crippen LogP contribution in [0.1, 0.15) is 46.4 Å². The summed E-state index contributed by atoms with van der Waals surface area (Å²) in [5.74, 6) is -1.51. The first-order valence-electron chi connectivity index (χ1n) is 12.9. The van der Waals surface area contributed by atoms with E-state index < -0.39 is 23.7 Å². The normalized spacial score (nSPS) is 16.0. The quantitative estimate of drug-likeness (QED) is 0.107. The predicted octanol–water partition coefficient (Wildman–Crippen LogP) is 5.23. The Hall–Kier alpha value is -4.64. The van der Waals surface area contributed by atoms with Gasteiger partial charge in [0.15, 0.2) is 16.6 Å². The first-order valence-corrected chi connectivity index (χ1v) is 13.7. The third-order valence-electron chi connectivity index (χ3n) is 6.18. The minimum absolute atomic E-state index is 0.00278. The van der Waals surface area contributed by atoms with Gasteiger partial charge in [-0.25, -0.2) is 9.78 Å². The molecule has 4 rings (SSSR count). The predicted molar refractivity (Wildman–Crippen MR) is 154 cm³/mol. The van der Waals surface area contributed by atoms with E-state index in [1.807, 2.05) is 13.8 Å². The van der Waals surface area contributed by atoms with E-state index in [9.17, 15) is 19.5 Å². The maximum atomic E-state index is 13.6. The van der Waals surface area contributed by atoms with E-state index in [0.717, 1.165) is 11.3 Å². The number of aliphatic hydroxyl groups excluding tert-OH is 1. The van der Waals surface area contributed by atoms with E-state index in [0.29, 0.717) is 47.3 Å². The molecular weight excluding hydrogens is 548 g/mol. The largest absolute Gasteiger partial charge is 0.507 e. The summed E-state index contributed by atoms with van der Waals surface area (Å²) in [6.45, 7) is 9.61. The van der Waals surface area contributed by atoms with E-state index in [-0.39, 0.29) is 27.9 Å². The van der Waals surface area contributed by atoms with Crippen LogP contribution in [-0.4, -0.2) is 54.7 Å². The fourth-order valence-corrected chi connectivity index (χ4v) is 5.39. The molecule has 10 nitrogen and oxygen atoms in total. The van der Waals surface area contributed by atoms with Crippen molar-refractivity contribution in [1.82, 2.24) is 4.98 Å². The van der Waals surface area contributed by atoms with Crippen molar-refractivity contribution in [3.8, 4) is 17.2 Å². The number of ketones is 1. The van der Waals surface area contributed by atoms with Crippen LogP contribution in [0.15, 0.2) is 60.7 Å². The van der Waals surface area contributed by atoms with Crippen LogP contribution >= 0.6 is 11.3 Å². The van der Waals surface area contributed by atoms with Gasteiger partial charge in [0.25, 0.3) is 5.78 Å². The molecule has 1 amide bonds. The summed E-state index contributed by atoms with van der Waals surface area (Å²) in [4.78, 5) is 45.6. The number of amides is 1. The number of ether oxygens (including phenoxy) is 4. The SMILES string of the molecule is C=CCOC(=O)c1sc(N2C(=O)C(=O)C(=C(O)c3cccc(OCC)c3)C2c2ccc(OCC)c(OC)c2)nc1C. The number of benzene rings is 2. The molecule has 0 aliphatic carbocycles. The summed E-state index contributed by atoms with van der Waals surface area (Å²) in [5.41, 5.74) is 0.920. The highest BCUT2D eigenvalue weighted by atomic mass is 32.1. The minimum Gasteiger partial charge on any atom is -0.507 e. The number of thiazole rings is 1. The Bertz CT molecular complexity index is 1530. The van der Waals surface area contributed by atoms with Gasteiger partial charge in [0.2, 0.25) is 0 Å².